The third-order valence-electron chi connectivity index (χ3n) is 1.67. The van der Waals surface area contributed by atoms with Crippen molar-refractivity contribution in [3.8, 4) is 0 Å². The highest BCUT2D eigenvalue weighted by Gasteiger charge is 2.15. The third-order valence-corrected chi connectivity index (χ3v) is 1.67. The minimum atomic E-state index is -0.254. The minimum absolute atomic E-state index is 0.0190. The van der Waals surface area contributed by atoms with Gasteiger partial charge in [0.25, 0.3) is 5.91 Å². The van der Waals surface area contributed by atoms with E-state index in [9.17, 15) is 4.79 Å². The number of hydrogen-bond donors (Lipinski definition) is 1. The van der Waals surface area contributed by atoms with Gasteiger partial charge in [0.05, 0.1) is 0 Å². The Bertz CT molecular complexity index is 284. The van der Waals surface area contributed by atoms with Gasteiger partial charge in [0.2, 0.25) is 0 Å². The lowest BCUT2D eigenvalue weighted by Crippen LogP contribution is -2.42. The van der Waals surface area contributed by atoms with Gasteiger partial charge in [0.15, 0.2) is 0 Å². The van der Waals surface area contributed by atoms with E-state index in [1.165, 1.54) is 5.01 Å². The van der Waals surface area contributed by atoms with Crippen LogP contribution in [-0.2, 0) is 0 Å². The van der Waals surface area contributed by atoms with E-state index in [-0.39, 0.29) is 11.9 Å². The summed E-state index contributed by atoms with van der Waals surface area (Å²) in [7, 11) is 0. The van der Waals surface area contributed by atoms with Crippen LogP contribution in [0.5, 0.6) is 0 Å². The van der Waals surface area contributed by atoms with Gasteiger partial charge in [0, 0.05) is 12.2 Å². The van der Waals surface area contributed by atoms with Gasteiger partial charge in [-0.05, 0) is 26.0 Å². The lowest BCUT2D eigenvalue weighted by molar-refractivity contribution is 0.0699. The van der Waals surface area contributed by atoms with E-state index in [0.717, 1.165) is 0 Å². The van der Waals surface area contributed by atoms with Crippen molar-refractivity contribution in [1.29, 1.82) is 0 Å². The van der Waals surface area contributed by atoms with Crippen molar-refractivity contribution in [1.82, 2.24) is 9.99 Å². The molecule has 0 aliphatic heterocycles. The van der Waals surface area contributed by atoms with Crippen LogP contribution >= 0.6 is 0 Å². The summed E-state index contributed by atoms with van der Waals surface area (Å²) in [6, 6.07) is 5.14. The van der Waals surface area contributed by atoms with Gasteiger partial charge in [-0.25, -0.2) is 5.84 Å². The largest absolute Gasteiger partial charge is 0.286 e. The number of nitrogens with two attached hydrogens (primary N) is 1. The predicted molar refractivity (Wildman–Crippen MR) is 49.7 cm³/mol. The summed E-state index contributed by atoms with van der Waals surface area (Å²) in [4.78, 5) is 15.4. The fourth-order valence-corrected chi connectivity index (χ4v) is 0.856. The van der Waals surface area contributed by atoms with Gasteiger partial charge in [-0.2, -0.15) is 0 Å². The molecule has 0 bridgehead atoms. The first-order valence-corrected chi connectivity index (χ1v) is 4.12. The van der Waals surface area contributed by atoms with Crippen molar-refractivity contribution in [2.75, 3.05) is 0 Å². The molecule has 1 aromatic heterocycles. The number of nitrogens with zero attached hydrogens (tertiary/aromatic N) is 2. The summed E-state index contributed by atoms with van der Waals surface area (Å²) in [5.74, 6) is 5.28. The lowest BCUT2D eigenvalue weighted by Gasteiger charge is -2.19. The minimum Gasteiger partial charge on any atom is -0.273 e. The molecule has 0 fully saturated rings. The molecule has 1 aromatic rings. The molecule has 0 aromatic carbocycles. The molecule has 4 heteroatoms. The van der Waals surface area contributed by atoms with Crippen LogP contribution in [-0.4, -0.2) is 21.9 Å². The van der Waals surface area contributed by atoms with Crippen molar-refractivity contribution in [2.24, 2.45) is 5.84 Å². The number of aromatic nitrogens is 1. The first-order valence-electron chi connectivity index (χ1n) is 4.12. The van der Waals surface area contributed by atoms with Crippen LogP contribution in [0.1, 0.15) is 24.3 Å². The van der Waals surface area contributed by atoms with Gasteiger partial charge < -0.3 is 0 Å². The van der Waals surface area contributed by atoms with E-state index in [4.69, 9.17) is 5.84 Å². The number of rotatable bonds is 2. The Balaban J connectivity index is 2.80. The van der Waals surface area contributed by atoms with E-state index in [0.29, 0.717) is 5.69 Å². The van der Waals surface area contributed by atoms with Gasteiger partial charge in [-0.15, -0.1) is 0 Å². The van der Waals surface area contributed by atoms with E-state index < -0.39 is 0 Å². The Labute approximate surface area is 77.3 Å². The summed E-state index contributed by atoms with van der Waals surface area (Å²) >= 11 is 0. The second-order valence-electron chi connectivity index (χ2n) is 3.02. The molecule has 0 aliphatic carbocycles. The quantitative estimate of drug-likeness (QED) is 0.415. The molecular formula is C9H13N3O. The number of carbonyl (C=O) groups excluding carboxylic acids is 1. The van der Waals surface area contributed by atoms with Crippen molar-refractivity contribution in [2.45, 2.75) is 19.9 Å². The van der Waals surface area contributed by atoms with Crippen LogP contribution in [0.3, 0.4) is 0 Å². The van der Waals surface area contributed by atoms with Crippen molar-refractivity contribution in [3.05, 3.63) is 30.1 Å². The second-order valence-corrected chi connectivity index (χ2v) is 3.02. The average Bonchev–Trinajstić information content (AvgIpc) is 2.17. The summed E-state index contributed by atoms with van der Waals surface area (Å²) < 4.78 is 0. The summed E-state index contributed by atoms with van der Waals surface area (Å²) in [5.41, 5.74) is 0.374. The van der Waals surface area contributed by atoms with Crippen LogP contribution in [0.2, 0.25) is 0 Å². The maximum Gasteiger partial charge on any atom is 0.286 e. The normalized spacial score (nSPS) is 10.2. The Morgan fingerprint density at radius 3 is 2.69 bits per heavy atom. The zero-order valence-electron chi connectivity index (χ0n) is 7.77. The Morgan fingerprint density at radius 1 is 1.54 bits per heavy atom. The Hall–Kier alpha value is -1.42. The van der Waals surface area contributed by atoms with E-state index in [1.807, 2.05) is 13.8 Å². The average molecular weight is 179 g/mol. The number of amides is 1. The van der Waals surface area contributed by atoms with Gasteiger partial charge in [-0.1, -0.05) is 6.07 Å². The highest BCUT2D eigenvalue weighted by atomic mass is 16.2. The molecule has 13 heavy (non-hydrogen) atoms. The van der Waals surface area contributed by atoms with Crippen LogP contribution in [0.15, 0.2) is 24.4 Å². The maximum atomic E-state index is 11.5. The molecule has 1 amide bonds. The SMILES string of the molecule is CC(C)N(N)C(=O)c1ccccn1. The van der Waals surface area contributed by atoms with Crippen molar-refractivity contribution < 1.29 is 4.79 Å². The first kappa shape index (κ1) is 9.67. The molecule has 1 heterocycles. The Kier molecular flexibility index (Phi) is 2.97. The van der Waals surface area contributed by atoms with Gasteiger partial charge in [0.1, 0.15) is 5.69 Å². The monoisotopic (exact) mass is 179 g/mol. The molecule has 70 valence electrons. The van der Waals surface area contributed by atoms with Crippen LogP contribution in [0, 0.1) is 0 Å². The highest BCUT2D eigenvalue weighted by Crippen LogP contribution is 2.00. The molecular weight excluding hydrogens is 166 g/mol. The van der Waals surface area contributed by atoms with Crippen LogP contribution in [0.4, 0.5) is 0 Å². The van der Waals surface area contributed by atoms with Gasteiger partial charge in [-0.3, -0.25) is 14.8 Å². The fraction of sp³-hybridized carbons (Fsp3) is 0.333. The number of hydrogen-bond acceptors (Lipinski definition) is 3. The van der Waals surface area contributed by atoms with E-state index in [1.54, 1.807) is 24.4 Å². The molecule has 0 atom stereocenters. The molecule has 2 N–H and O–H groups in total. The Morgan fingerprint density at radius 2 is 2.23 bits per heavy atom. The zero-order chi connectivity index (χ0) is 9.84. The summed E-state index contributed by atoms with van der Waals surface area (Å²) in [6.45, 7) is 3.70. The standard InChI is InChI=1S/C9H13N3O/c1-7(2)12(10)9(13)8-5-3-4-6-11-8/h3-7H,10H2,1-2H3. The fourth-order valence-electron chi connectivity index (χ4n) is 0.856. The molecule has 0 aliphatic rings. The first-order chi connectivity index (χ1) is 6.13. The molecule has 0 saturated heterocycles. The summed E-state index contributed by atoms with van der Waals surface area (Å²) in [6.07, 6.45) is 1.57. The van der Waals surface area contributed by atoms with E-state index >= 15 is 0 Å². The second kappa shape index (κ2) is 4.00. The topological polar surface area (TPSA) is 59.2 Å². The highest BCUT2D eigenvalue weighted by molar-refractivity contribution is 5.91. The summed E-state index contributed by atoms with van der Waals surface area (Å²) in [5, 5.41) is 1.17. The zero-order valence-corrected chi connectivity index (χ0v) is 7.77. The van der Waals surface area contributed by atoms with Crippen LogP contribution < -0.4 is 5.84 Å². The van der Waals surface area contributed by atoms with E-state index in [2.05, 4.69) is 4.98 Å². The number of pyridine rings is 1. The van der Waals surface area contributed by atoms with Crippen molar-refractivity contribution in [3.63, 3.8) is 0 Å². The smallest absolute Gasteiger partial charge is 0.273 e. The number of hydrazine groups is 1. The third kappa shape index (κ3) is 2.26. The molecule has 4 nitrogen and oxygen atoms in total. The predicted octanol–water partition coefficient (Wildman–Crippen LogP) is 0.806. The van der Waals surface area contributed by atoms with Gasteiger partial charge >= 0.3 is 0 Å². The molecule has 0 spiro atoms. The molecule has 0 radical (unpaired) electrons. The molecule has 1 rings (SSSR count). The molecule has 0 saturated carbocycles. The van der Waals surface area contributed by atoms with Crippen LogP contribution in [0.25, 0.3) is 0 Å². The van der Waals surface area contributed by atoms with Crippen molar-refractivity contribution >= 4 is 5.91 Å². The molecule has 0 unspecified atom stereocenters. The number of carbonyl (C=O) groups is 1. The lowest BCUT2D eigenvalue weighted by atomic mass is 10.3. The maximum absolute atomic E-state index is 11.5.